The number of amides is 1. The van der Waals surface area contributed by atoms with Gasteiger partial charge in [-0.1, -0.05) is 72.4 Å². The van der Waals surface area contributed by atoms with Crippen LogP contribution in [-0.2, 0) is 6.54 Å². The van der Waals surface area contributed by atoms with Crippen LogP contribution in [0, 0.1) is 0 Å². The summed E-state index contributed by atoms with van der Waals surface area (Å²) in [5.41, 5.74) is 2.40. The first-order valence-corrected chi connectivity index (χ1v) is 12.7. The molecule has 0 saturated carbocycles. The van der Waals surface area contributed by atoms with E-state index in [4.69, 9.17) is 4.98 Å². The van der Waals surface area contributed by atoms with Gasteiger partial charge in [-0.05, 0) is 36.6 Å². The average Bonchev–Trinajstić information content (AvgIpc) is 3.44. The molecule has 1 saturated heterocycles. The zero-order valence-electron chi connectivity index (χ0n) is 19.2. The van der Waals surface area contributed by atoms with Gasteiger partial charge in [0, 0.05) is 24.2 Å². The third kappa shape index (κ3) is 5.05. The van der Waals surface area contributed by atoms with Gasteiger partial charge in [0.05, 0.1) is 23.2 Å². The summed E-state index contributed by atoms with van der Waals surface area (Å²) in [6.45, 7) is 1.86. The van der Waals surface area contributed by atoms with E-state index in [0.29, 0.717) is 33.7 Å². The van der Waals surface area contributed by atoms with Crippen LogP contribution in [-0.4, -0.2) is 45.0 Å². The van der Waals surface area contributed by atoms with Gasteiger partial charge in [-0.3, -0.25) is 19.0 Å². The molecule has 0 atom stereocenters. The van der Waals surface area contributed by atoms with Crippen molar-refractivity contribution in [3.05, 3.63) is 106 Å². The smallest absolute Gasteiger partial charge is 0.262 e. The van der Waals surface area contributed by atoms with Gasteiger partial charge in [0.15, 0.2) is 10.9 Å². The number of ketones is 1. The van der Waals surface area contributed by atoms with Crippen molar-refractivity contribution >= 4 is 34.4 Å². The maximum atomic E-state index is 13.5. The van der Waals surface area contributed by atoms with Crippen molar-refractivity contribution in [2.75, 3.05) is 18.8 Å². The molecule has 0 N–H and O–H groups in total. The Hall–Kier alpha value is -3.71. The van der Waals surface area contributed by atoms with Crippen LogP contribution in [0.2, 0.25) is 0 Å². The van der Waals surface area contributed by atoms with Crippen molar-refractivity contribution < 1.29 is 9.59 Å². The van der Waals surface area contributed by atoms with Crippen LogP contribution in [0.4, 0.5) is 0 Å². The minimum Gasteiger partial charge on any atom is -0.339 e. The number of thioether (sulfide) groups is 1. The SMILES string of the molecule is O=C(CSc1nc2cc(C(=O)N3CCCC3)ccc2c(=O)n1Cc1ccccc1)c1ccccc1. The second-order valence-corrected chi connectivity index (χ2v) is 9.52. The van der Waals surface area contributed by atoms with Gasteiger partial charge in [-0.25, -0.2) is 4.98 Å². The summed E-state index contributed by atoms with van der Waals surface area (Å²) in [6, 6.07) is 23.9. The van der Waals surface area contributed by atoms with Crippen LogP contribution in [0.5, 0.6) is 0 Å². The molecule has 7 heteroatoms. The minimum absolute atomic E-state index is 0.0332. The largest absolute Gasteiger partial charge is 0.339 e. The number of rotatable bonds is 7. The molecule has 4 aromatic rings. The van der Waals surface area contributed by atoms with Crippen LogP contribution in [0.25, 0.3) is 10.9 Å². The third-order valence-corrected chi connectivity index (χ3v) is 7.15. The van der Waals surface area contributed by atoms with Gasteiger partial charge in [-0.2, -0.15) is 0 Å². The Balaban J connectivity index is 1.52. The van der Waals surface area contributed by atoms with E-state index < -0.39 is 0 Å². The molecule has 0 aliphatic carbocycles. The summed E-state index contributed by atoms with van der Waals surface area (Å²) in [5, 5.41) is 0.916. The zero-order chi connectivity index (χ0) is 24.2. The van der Waals surface area contributed by atoms with Gasteiger partial charge in [0.2, 0.25) is 0 Å². The van der Waals surface area contributed by atoms with Gasteiger partial charge in [-0.15, -0.1) is 0 Å². The minimum atomic E-state index is -0.186. The summed E-state index contributed by atoms with van der Waals surface area (Å²) in [4.78, 5) is 45.8. The van der Waals surface area contributed by atoms with Crippen molar-refractivity contribution in [3.8, 4) is 0 Å². The first-order valence-electron chi connectivity index (χ1n) is 11.7. The predicted octanol–water partition coefficient (Wildman–Crippen LogP) is 4.66. The number of fused-ring (bicyclic) bond motifs is 1. The molecule has 5 rings (SSSR count). The normalized spacial score (nSPS) is 13.3. The Bertz CT molecular complexity index is 1430. The topological polar surface area (TPSA) is 72.3 Å². The van der Waals surface area contributed by atoms with Crippen LogP contribution < -0.4 is 5.56 Å². The lowest BCUT2D eigenvalue weighted by Crippen LogP contribution is -2.28. The fourth-order valence-electron chi connectivity index (χ4n) is 4.29. The first-order chi connectivity index (χ1) is 17.1. The molecule has 1 aliphatic rings. The van der Waals surface area contributed by atoms with E-state index in [1.54, 1.807) is 34.9 Å². The number of Topliss-reactive ketones (excluding diaryl/α,β-unsaturated/α-hetero) is 1. The van der Waals surface area contributed by atoms with Crippen LogP contribution in [0.15, 0.2) is 88.8 Å². The molecule has 1 amide bonds. The maximum Gasteiger partial charge on any atom is 0.262 e. The maximum absolute atomic E-state index is 13.5. The standard InChI is InChI=1S/C28H25N3O3S/c32-25(21-11-5-2-6-12-21)19-35-28-29-24-17-22(26(33)30-15-7-8-16-30)13-14-23(24)27(34)31(28)18-20-9-3-1-4-10-20/h1-6,9-14,17H,7-8,15-16,18-19H2. The summed E-state index contributed by atoms with van der Waals surface area (Å²) < 4.78 is 1.61. The Kier molecular flexibility index (Phi) is 6.77. The lowest BCUT2D eigenvalue weighted by molar-refractivity contribution is 0.0792. The van der Waals surface area contributed by atoms with Crippen molar-refractivity contribution in [2.45, 2.75) is 24.5 Å². The number of hydrogen-bond acceptors (Lipinski definition) is 5. The molecule has 0 bridgehead atoms. The molecule has 2 heterocycles. The van der Waals surface area contributed by atoms with Crippen LogP contribution in [0.1, 0.15) is 39.1 Å². The Labute approximate surface area is 207 Å². The highest BCUT2D eigenvalue weighted by Crippen LogP contribution is 2.22. The highest BCUT2D eigenvalue weighted by molar-refractivity contribution is 7.99. The van der Waals surface area contributed by atoms with E-state index in [-0.39, 0.29) is 23.0 Å². The van der Waals surface area contributed by atoms with E-state index in [1.165, 1.54) is 11.8 Å². The lowest BCUT2D eigenvalue weighted by atomic mass is 10.1. The number of aromatic nitrogens is 2. The molecule has 0 unspecified atom stereocenters. The number of carbonyl (C=O) groups excluding carboxylic acids is 2. The van der Waals surface area contributed by atoms with E-state index in [2.05, 4.69) is 0 Å². The number of likely N-dealkylation sites (tertiary alicyclic amines) is 1. The second-order valence-electron chi connectivity index (χ2n) is 8.58. The van der Waals surface area contributed by atoms with Gasteiger partial charge in [0.25, 0.3) is 11.5 Å². The summed E-state index contributed by atoms with van der Waals surface area (Å²) in [7, 11) is 0. The zero-order valence-corrected chi connectivity index (χ0v) is 20.0. The molecule has 176 valence electrons. The number of carbonyl (C=O) groups is 2. The van der Waals surface area contributed by atoms with Gasteiger partial charge < -0.3 is 4.90 Å². The molecule has 1 fully saturated rings. The molecule has 1 aromatic heterocycles. The van der Waals surface area contributed by atoms with E-state index in [9.17, 15) is 14.4 Å². The molecular weight excluding hydrogens is 458 g/mol. The summed E-state index contributed by atoms with van der Waals surface area (Å²) in [5.74, 6) is 0.0886. The molecule has 3 aromatic carbocycles. The number of nitrogens with zero attached hydrogens (tertiary/aromatic N) is 3. The summed E-state index contributed by atoms with van der Waals surface area (Å²) >= 11 is 1.24. The van der Waals surface area contributed by atoms with Crippen LogP contribution >= 0.6 is 11.8 Å². The monoisotopic (exact) mass is 483 g/mol. The van der Waals surface area contributed by atoms with Crippen molar-refractivity contribution in [1.29, 1.82) is 0 Å². The number of benzene rings is 3. The molecular formula is C28H25N3O3S. The molecule has 1 aliphatic heterocycles. The lowest BCUT2D eigenvalue weighted by Gasteiger charge is -2.16. The van der Waals surface area contributed by atoms with E-state index in [1.807, 2.05) is 53.4 Å². The van der Waals surface area contributed by atoms with Crippen molar-refractivity contribution in [3.63, 3.8) is 0 Å². The molecule has 0 radical (unpaired) electrons. The Morgan fingerprint density at radius 3 is 2.26 bits per heavy atom. The van der Waals surface area contributed by atoms with Crippen molar-refractivity contribution in [1.82, 2.24) is 14.5 Å². The van der Waals surface area contributed by atoms with Gasteiger partial charge >= 0.3 is 0 Å². The Morgan fingerprint density at radius 1 is 0.857 bits per heavy atom. The Morgan fingerprint density at radius 2 is 1.54 bits per heavy atom. The molecule has 35 heavy (non-hydrogen) atoms. The quantitative estimate of drug-likeness (QED) is 0.217. The van der Waals surface area contributed by atoms with Crippen LogP contribution in [0.3, 0.4) is 0 Å². The third-order valence-electron chi connectivity index (χ3n) is 6.17. The average molecular weight is 484 g/mol. The molecule has 6 nitrogen and oxygen atoms in total. The highest BCUT2D eigenvalue weighted by atomic mass is 32.2. The first kappa shape index (κ1) is 23.1. The van der Waals surface area contributed by atoms with E-state index in [0.717, 1.165) is 31.5 Å². The fraction of sp³-hybridized carbons (Fsp3) is 0.214. The van der Waals surface area contributed by atoms with E-state index >= 15 is 0 Å². The summed E-state index contributed by atoms with van der Waals surface area (Å²) in [6.07, 6.45) is 2.02. The fourth-order valence-corrected chi connectivity index (χ4v) is 5.18. The highest BCUT2D eigenvalue weighted by Gasteiger charge is 2.21. The number of hydrogen-bond donors (Lipinski definition) is 0. The van der Waals surface area contributed by atoms with Crippen molar-refractivity contribution in [2.24, 2.45) is 0 Å². The van der Waals surface area contributed by atoms with Gasteiger partial charge in [0.1, 0.15) is 0 Å². The predicted molar refractivity (Wildman–Crippen MR) is 138 cm³/mol. The molecule has 0 spiro atoms. The second kappa shape index (κ2) is 10.3.